The van der Waals surface area contributed by atoms with Crippen molar-refractivity contribution in [2.24, 2.45) is 11.8 Å². The first kappa shape index (κ1) is 23.4. The number of alkyl carbamates (subject to hydrolysis) is 1. The Labute approximate surface area is 204 Å². The van der Waals surface area contributed by atoms with Gasteiger partial charge in [-0.25, -0.2) is 4.79 Å². The summed E-state index contributed by atoms with van der Waals surface area (Å²) in [5.74, 6) is -1.63. The molecule has 4 atom stereocenters. The monoisotopic (exact) mass is 477 g/mol. The van der Waals surface area contributed by atoms with E-state index in [9.17, 15) is 19.5 Å². The zero-order valence-corrected chi connectivity index (χ0v) is 20.0. The average Bonchev–Trinajstić information content (AvgIpc) is 3.50. The molecule has 8 heteroatoms. The number of carbonyl (C=O) groups excluding carboxylic acids is 2. The summed E-state index contributed by atoms with van der Waals surface area (Å²) in [5.41, 5.74) is 4.55. The molecule has 2 aliphatic heterocycles. The molecule has 0 aromatic heterocycles. The Bertz CT molecular complexity index is 1100. The van der Waals surface area contributed by atoms with Gasteiger partial charge in [-0.3, -0.25) is 9.59 Å². The van der Waals surface area contributed by atoms with Crippen LogP contribution in [0.3, 0.4) is 0 Å². The van der Waals surface area contributed by atoms with Gasteiger partial charge in [-0.2, -0.15) is 0 Å². The molecule has 2 aromatic carbocycles. The molecule has 0 radical (unpaired) electrons. The lowest BCUT2D eigenvalue weighted by Gasteiger charge is -2.34. The number of hydrogen-bond acceptors (Lipinski definition) is 5. The van der Waals surface area contributed by atoms with Crippen LogP contribution < -0.4 is 5.32 Å². The predicted molar refractivity (Wildman–Crippen MR) is 130 cm³/mol. The molecule has 2 saturated heterocycles. The molecule has 3 fully saturated rings. The Balaban J connectivity index is 1.25. The van der Waals surface area contributed by atoms with Gasteiger partial charge >= 0.3 is 12.1 Å². The Morgan fingerprint density at radius 2 is 1.71 bits per heavy atom. The number of carbonyl (C=O) groups is 3. The van der Waals surface area contributed by atoms with Crippen molar-refractivity contribution in [2.45, 2.75) is 30.8 Å². The number of aliphatic carboxylic acids is 1. The maximum absolute atomic E-state index is 13.3. The fourth-order valence-electron chi connectivity index (χ4n) is 5.87. The second kappa shape index (κ2) is 9.34. The number of carboxylic acids is 1. The molecule has 184 valence electrons. The van der Waals surface area contributed by atoms with Crippen LogP contribution in [0.5, 0.6) is 0 Å². The second-order valence-corrected chi connectivity index (χ2v) is 10.0. The number of fused-ring (bicyclic) bond motifs is 4. The first-order chi connectivity index (χ1) is 16.8. The highest BCUT2D eigenvalue weighted by Crippen LogP contribution is 2.47. The highest BCUT2D eigenvalue weighted by atomic mass is 16.5. The molecule has 2 bridgehead atoms. The van der Waals surface area contributed by atoms with Gasteiger partial charge in [0.2, 0.25) is 5.91 Å². The summed E-state index contributed by atoms with van der Waals surface area (Å²) in [6.45, 7) is 1.21. The van der Waals surface area contributed by atoms with Gasteiger partial charge in [0.15, 0.2) is 0 Å². The highest BCUT2D eigenvalue weighted by molar-refractivity contribution is 5.88. The zero-order chi connectivity index (χ0) is 24.7. The van der Waals surface area contributed by atoms with Crippen LogP contribution in [-0.4, -0.2) is 78.8 Å². The predicted octanol–water partition coefficient (Wildman–Crippen LogP) is 2.78. The van der Waals surface area contributed by atoms with E-state index >= 15 is 0 Å². The quantitative estimate of drug-likeness (QED) is 0.607. The van der Waals surface area contributed by atoms with Crippen molar-refractivity contribution in [3.63, 3.8) is 0 Å². The second-order valence-electron chi connectivity index (χ2n) is 10.0. The number of rotatable bonds is 8. The third-order valence-electron chi connectivity index (χ3n) is 7.67. The van der Waals surface area contributed by atoms with E-state index in [1.54, 1.807) is 4.90 Å². The molecule has 2 aromatic rings. The van der Waals surface area contributed by atoms with Crippen LogP contribution in [0.1, 0.15) is 29.9 Å². The van der Waals surface area contributed by atoms with Crippen molar-refractivity contribution in [2.75, 3.05) is 33.8 Å². The van der Waals surface area contributed by atoms with Gasteiger partial charge in [0.25, 0.3) is 0 Å². The number of ether oxygens (including phenoxy) is 1. The minimum atomic E-state index is -0.851. The topological polar surface area (TPSA) is 99.2 Å². The van der Waals surface area contributed by atoms with Gasteiger partial charge in [-0.1, -0.05) is 48.5 Å². The van der Waals surface area contributed by atoms with Crippen LogP contribution in [-0.2, 0) is 14.3 Å². The minimum Gasteiger partial charge on any atom is -0.481 e. The number of nitrogens with one attached hydrogen (secondary N) is 1. The highest BCUT2D eigenvalue weighted by Gasteiger charge is 2.57. The Morgan fingerprint density at radius 1 is 1.09 bits per heavy atom. The van der Waals surface area contributed by atoms with E-state index in [4.69, 9.17) is 4.74 Å². The Hall–Kier alpha value is -3.39. The molecule has 35 heavy (non-hydrogen) atoms. The SMILES string of the molecule is CN(C)CCC(NC(=O)OCC1c2ccccc2-c2ccccc21)C(=O)N1CC2CC1C2C(=O)O. The lowest BCUT2D eigenvalue weighted by molar-refractivity contribution is -0.148. The van der Waals surface area contributed by atoms with E-state index in [0.29, 0.717) is 25.9 Å². The van der Waals surface area contributed by atoms with E-state index in [0.717, 1.165) is 22.3 Å². The molecule has 2 aliphatic carbocycles. The fraction of sp³-hybridized carbons (Fsp3) is 0.444. The summed E-state index contributed by atoms with van der Waals surface area (Å²) in [6, 6.07) is 15.2. The van der Waals surface area contributed by atoms with Crippen molar-refractivity contribution >= 4 is 18.0 Å². The van der Waals surface area contributed by atoms with Crippen molar-refractivity contribution < 1.29 is 24.2 Å². The third kappa shape index (κ3) is 4.27. The van der Waals surface area contributed by atoms with E-state index in [1.165, 1.54) is 0 Å². The summed E-state index contributed by atoms with van der Waals surface area (Å²) < 4.78 is 5.66. The van der Waals surface area contributed by atoms with Crippen molar-refractivity contribution in [1.29, 1.82) is 0 Å². The van der Waals surface area contributed by atoms with Crippen molar-refractivity contribution in [1.82, 2.24) is 15.1 Å². The molecule has 4 aliphatic rings. The number of hydrogen-bond donors (Lipinski definition) is 2. The summed E-state index contributed by atoms with van der Waals surface area (Å²) >= 11 is 0. The summed E-state index contributed by atoms with van der Waals surface area (Å²) in [4.78, 5) is 41.3. The number of benzene rings is 2. The average molecular weight is 478 g/mol. The van der Waals surface area contributed by atoms with Gasteiger partial charge in [0, 0.05) is 18.5 Å². The number of amides is 2. The summed E-state index contributed by atoms with van der Waals surface area (Å²) in [5, 5.41) is 12.2. The number of nitrogens with zero attached hydrogens (tertiary/aromatic N) is 2. The van der Waals surface area contributed by atoms with Crippen LogP contribution in [0.2, 0.25) is 0 Å². The molecule has 4 unspecified atom stereocenters. The maximum atomic E-state index is 13.3. The first-order valence-electron chi connectivity index (χ1n) is 12.1. The molecule has 8 nitrogen and oxygen atoms in total. The van der Waals surface area contributed by atoms with Crippen molar-refractivity contribution in [3.05, 3.63) is 59.7 Å². The van der Waals surface area contributed by atoms with Crippen LogP contribution in [0.15, 0.2) is 48.5 Å². The normalized spacial score (nSPS) is 22.8. The zero-order valence-electron chi connectivity index (χ0n) is 20.0. The van der Waals surface area contributed by atoms with Crippen LogP contribution in [0, 0.1) is 11.8 Å². The largest absolute Gasteiger partial charge is 0.481 e. The number of carboxylic acid groups (broad SMARTS) is 1. The Morgan fingerprint density at radius 3 is 2.29 bits per heavy atom. The van der Waals surface area contributed by atoms with Crippen LogP contribution in [0.25, 0.3) is 11.1 Å². The van der Waals surface area contributed by atoms with Gasteiger partial charge in [-0.15, -0.1) is 0 Å². The molecule has 6 rings (SSSR count). The van der Waals surface area contributed by atoms with Crippen LogP contribution in [0.4, 0.5) is 4.79 Å². The summed E-state index contributed by atoms with van der Waals surface area (Å²) in [6.07, 6.45) is 0.501. The minimum absolute atomic E-state index is 0.00500. The fourth-order valence-corrected chi connectivity index (χ4v) is 5.87. The van der Waals surface area contributed by atoms with E-state index < -0.39 is 24.0 Å². The smallest absolute Gasteiger partial charge is 0.407 e. The molecule has 1 saturated carbocycles. The lowest BCUT2D eigenvalue weighted by atomic mass is 9.74. The molecular formula is C27H31N3O5. The first-order valence-corrected chi connectivity index (χ1v) is 12.1. The van der Waals surface area contributed by atoms with Gasteiger partial charge < -0.3 is 25.0 Å². The lowest BCUT2D eigenvalue weighted by Crippen LogP contribution is -2.52. The van der Waals surface area contributed by atoms with Gasteiger partial charge in [0.05, 0.1) is 5.92 Å². The maximum Gasteiger partial charge on any atom is 0.407 e. The van der Waals surface area contributed by atoms with E-state index in [1.807, 2.05) is 43.3 Å². The molecule has 2 amide bonds. The molecular weight excluding hydrogens is 446 g/mol. The molecule has 0 spiro atoms. The van der Waals surface area contributed by atoms with Crippen molar-refractivity contribution in [3.8, 4) is 11.1 Å². The van der Waals surface area contributed by atoms with E-state index in [2.05, 4.69) is 29.6 Å². The molecule has 2 N–H and O–H groups in total. The van der Waals surface area contributed by atoms with Gasteiger partial charge in [0.1, 0.15) is 12.6 Å². The summed E-state index contributed by atoms with van der Waals surface area (Å²) in [7, 11) is 3.81. The van der Waals surface area contributed by atoms with Crippen LogP contribution >= 0.6 is 0 Å². The van der Waals surface area contributed by atoms with Gasteiger partial charge in [-0.05, 0) is 61.7 Å². The standard InChI is InChI=1S/C27H31N3O5/c1-29(2)12-11-22(25(31)30-14-16-13-23(30)24(16)26(32)33)28-27(34)35-15-21-19-9-5-3-7-17(19)18-8-4-6-10-20(18)21/h3-10,16,21-24H,11-15H2,1-2H3,(H,28,34)(H,32,33). The Kier molecular flexibility index (Phi) is 6.23. The third-order valence-corrected chi connectivity index (χ3v) is 7.67. The van der Waals surface area contributed by atoms with E-state index in [-0.39, 0.29) is 30.4 Å². The molecule has 2 heterocycles.